The maximum atomic E-state index is 10.3. The fraction of sp³-hybridized carbons (Fsp3) is 0.357. The Morgan fingerprint density at radius 2 is 2.22 bits per heavy atom. The minimum atomic E-state index is -0.610. The summed E-state index contributed by atoms with van der Waals surface area (Å²) in [6, 6.07) is 5.80. The van der Waals surface area contributed by atoms with Gasteiger partial charge in [0.15, 0.2) is 0 Å². The Balaban J connectivity index is 2.23. The number of ether oxygens (including phenoxy) is 1. The van der Waals surface area contributed by atoms with E-state index in [0.717, 1.165) is 22.7 Å². The molecule has 4 heteroatoms. The van der Waals surface area contributed by atoms with Crippen molar-refractivity contribution in [3.05, 3.63) is 47.5 Å². The van der Waals surface area contributed by atoms with Crippen LogP contribution in [0.2, 0.25) is 0 Å². The van der Waals surface area contributed by atoms with Crippen LogP contribution in [0.15, 0.2) is 30.6 Å². The molecular weight excluding hydrogens is 228 g/mol. The molecule has 18 heavy (non-hydrogen) atoms. The van der Waals surface area contributed by atoms with Crippen molar-refractivity contribution in [2.45, 2.75) is 19.4 Å². The van der Waals surface area contributed by atoms with Gasteiger partial charge in [-0.2, -0.15) is 0 Å². The molecule has 0 amide bonds. The molecule has 0 radical (unpaired) electrons. The third-order valence-corrected chi connectivity index (χ3v) is 3.04. The Labute approximate surface area is 107 Å². The van der Waals surface area contributed by atoms with Crippen LogP contribution >= 0.6 is 0 Å². The summed E-state index contributed by atoms with van der Waals surface area (Å²) in [5, 5.41) is 10.3. The first-order valence-electron chi connectivity index (χ1n) is 5.90. The fourth-order valence-corrected chi connectivity index (χ4v) is 1.97. The zero-order chi connectivity index (χ0) is 13.1. The van der Waals surface area contributed by atoms with E-state index in [-0.39, 0.29) is 0 Å². The Bertz CT molecular complexity index is 534. The highest BCUT2D eigenvalue weighted by Crippen LogP contribution is 2.28. The smallest absolute Gasteiger partial charge is 0.124 e. The van der Waals surface area contributed by atoms with Gasteiger partial charge in [-0.3, -0.25) is 0 Å². The molecule has 0 saturated heterocycles. The minimum absolute atomic E-state index is 0.475. The third-order valence-electron chi connectivity index (χ3n) is 3.04. The van der Waals surface area contributed by atoms with Crippen LogP contribution < -0.4 is 4.74 Å². The molecule has 1 aromatic carbocycles. The number of nitrogens with zero attached hydrogens (tertiary/aromatic N) is 2. The Morgan fingerprint density at radius 1 is 1.44 bits per heavy atom. The predicted molar refractivity (Wildman–Crippen MR) is 69.6 cm³/mol. The quantitative estimate of drug-likeness (QED) is 0.897. The number of aryl methyl sites for hydroxylation is 2. The van der Waals surface area contributed by atoms with Crippen molar-refractivity contribution in [1.29, 1.82) is 0 Å². The van der Waals surface area contributed by atoms with Crippen LogP contribution in [0.5, 0.6) is 5.75 Å². The molecule has 2 aromatic rings. The zero-order valence-corrected chi connectivity index (χ0v) is 10.9. The number of aliphatic hydroxyl groups excluding tert-OH is 1. The highest BCUT2D eigenvalue weighted by molar-refractivity contribution is 5.38. The number of hydrogen-bond acceptors (Lipinski definition) is 3. The second-order valence-corrected chi connectivity index (χ2v) is 4.42. The van der Waals surface area contributed by atoms with Gasteiger partial charge in [-0.1, -0.05) is 12.1 Å². The molecule has 0 aliphatic heterocycles. The molecule has 1 atom stereocenters. The molecule has 0 aliphatic carbocycles. The topological polar surface area (TPSA) is 47.3 Å². The second kappa shape index (κ2) is 5.23. The Kier molecular flexibility index (Phi) is 3.67. The van der Waals surface area contributed by atoms with Gasteiger partial charge in [0, 0.05) is 31.4 Å². The maximum Gasteiger partial charge on any atom is 0.124 e. The zero-order valence-electron chi connectivity index (χ0n) is 10.9. The van der Waals surface area contributed by atoms with Crippen LogP contribution in [-0.4, -0.2) is 21.8 Å². The van der Waals surface area contributed by atoms with Crippen molar-refractivity contribution >= 4 is 0 Å². The standard InChI is InChI=1S/C14H18N2O2/c1-10-4-5-11(13(8-10)18-3)12(17)9-14-15-6-7-16(14)2/h4-8,12,17H,9H2,1-3H3. The molecule has 0 fully saturated rings. The fourth-order valence-electron chi connectivity index (χ4n) is 1.97. The lowest BCUT2D eigenvalue weighted by Crippen LogP contribution is -2.08. The van der Waals surface area contributed by atoms with Crippen molar-refractivity contribution in [2.75, 3.05) is 7.11 Å². The van der Waals surface area contributed by atoms with E-state index in [2.05, 4.69) is 4.98 Å². The lowest BCUT2D eigenvalue weighted by molar-refractivity contribution is 0.170. The summed E-state index contributed by atoms with van der Waals surface area (Å²) in [5.74, 6) is 1.57. The molecule has 96 valence electrons. The molecule has 1 N–H and O–H groups in total. The van der Waals surface area contributed by atoms with Gasteiger partial charge in [0.05, 0.1) is 13.2 Å². The van der Waals surface area contributed by atoms with Gasteiger partial charge in [0.2, 0.25) is 0 Å². The van der Waals surface area contributed by atoms with Crippen molar-refractivity contribution in [3.8, 4) is 5.75 Å². The third kappa shape index (κ3) is 2.54. The highest BCUT2D eigenvalue weighted by Gasteiger charge is 2.15. The molecule has 1 heterocycles. The lowest BCUT2D eigenvalue weighted by atomic mass is 10.0. The number of benzene rings is 1. The SMILES string of the molecule is COc1cc(C)ccc1C(O)Cc1nccn1C. The van der Waals surface area contributed by atoms with E-state index >= 15 is 0 Å². The second-order valence-electron chi connectivity index (χ2n) is 4.42. The number of rotatable bonds is 4. The lowest BCUT2D eigenvalue weighted by Gasteiger charge is -2.15. The molecule has 1 aromatic heterocycles. The van der Waals surface area contributed by atoms with Gasteiger partial charge in [0.25, 0.3) is 0 Å². The Morgan fingerprint density at radius 3 is 2.83 bits per heavy atom. The number of imidazole rings is 1. The number of methoxy groups -OCH3 is 1. The Hall–Kier alpha value is -1.81. The van der Waals surface area contributed by atoms with Crippen LogP contribution in [0.4, 0.5) is 0 Å². The number of aliphatic hydroxyl groups is 1. The van der Waals surface area contributed by atoms with E-state index in [4.69, 9.17) is 4.74 Å². The summed E-state index contributed by atoms with van der Waals surface area (Å²) in [4.78, 5) is 4.22. The van der Waals surface area contributed by atoms with Crippen LogP contribution in [0.1, 0.15) is 23.1 Å². The van der Waals surface area contributed by atoms with E-state index in [1.165, 1.54) is 0 Å². The first-order valence-corrected chi connectivity index (χ1v) is 5.90. The first kappa shape index (κ1) is 12.6. The van der Waals surface area contributed by atoms with Crippen LogP contribution in [0.3, 0.4) is 0 Å². The first-order chi connectivity index (χ1) is 8.61. The van der Waals surface area contributed by atoms with E-state index in [1.807, 2.05) is 42.9 Å². The van der Waals surface area contributed by atoms with E-state index in [1.54, 1.807) is 13.3 Å². The summed E-state index contributed by atoms with van der Waals surface area (Å²) < 4.78 is 7.22. The molecular formula is C14H18N2O2. The van der Waals surface area contributed by atoms with Crippen LogP contribution in [-0.2, 0) is 13.5 Å². The molecule has 0 saturated carbocycles. The summed E-state index contributed by atoms with van der Waals surface area (Å²) in [6.07, 6.45) is 3.47. The molecule has 1 unspecified atom stereocenters. The van der Waals surface area contributed by atoms with E-state index in [0.29, 0.717) is 6.42 Å². The molecule has 4 nitrogen and oxygen atoms in total. The molecule has 0 spiro atoms. The molecule has 2 rings (SSSR count). The van der Waals surface area contributed by atoms with Gasteiger partial charge in [0.1, 0.15) is 11.6 Å². The maximum absolute atomic E-state index is 10.3. The average Bonchev–Trinajstić information content (AvgIpc) is 2.74. The largest absolute Gasteiger partial charge is 0.496 e. The van der Waals surface area contributed by atoms with Gasteiger partial charge < -0.3 is 14.4 Å². The summed E-state index contributed by atoms with van der Waals surface area (Å²) >= 11 is 0. The predicted octanol–water partition coefficient (Wildman–Crippen LogP) is 2.01. The van der Waals surface area contributed by atoms with Crippen molar-refractivity contribution in [1.82, 2.24) is 9.55 Å². The van der Waals surface area contributed by atoms with Gasteiger partial charge in [-0.25, -0.2) is 4.98 Å². The van der Waals surface area contributed by atoms with E-state index < -0.39 is 6.10 Å². The monoisotopic (exact) mass is 246 g/mol. The normalized spacial score (nSPS) is 12.4. The van der Waals surface area contributed by atoms with Gasteiger partial charge in [-0.05, 0) is 18.6 Å². The highest BCUT2D eigenvalue weighted by atomic mass is 16.5. The van der Waals surface area contributed by atoms with Gasteiger partial charge in [-0.15, -0.1) is 0 Å². The van der Waals surface area contributed by atoms with Crippen LogP contribution in [0.25, 0.3) is 0 Å². The molecule has 0 aliphatic rings. The van der Waals surface area contributed by atoms with Crippen molar-refractivity contribution in [2.24, 2.45) is 7.05 Å². The molecule has 0 bridgehead atoms. The van der Waals surface area contributed by atoms with E-state index in [9.17, 15) is 5.11 Å². The van der Waals surface area contributed by atoms with Crippen LogP contribution in [0, 0.1) is 6.92 Å². The van der Waals surface area contributed by atoms with Crippen molar-refractivity contribution in [3.63, 3.8) is 0 Å². The summed E-state index contributed by atoms with van der Waals surface area (Å²) in [7, 11) is 3.53. The summed E-state index contributed by atoms with van der Waals surface area (Å²) in [5.41, 5.74) is 1.91. The van der Waals surface area contributed by atoms with Gasteiger partial charge >= 0.3 is 0 Å². The summed E-state index contributed by atoms with van der Waals surface area (Å²) in [6.45, 7) is 2.00. The number of aromatic nitrogens is 2. The average molecular weight is 246 g/mol. The van der Waals surface area contributed by atoms with Crippen molar-refractivity contribution < 1.29 is 9.84 Å². The minimum Gasteiger partial charge on any atom is -0.496 e. The number of hydrogen-bond donors (Lipinski definition) is 1.